The van der Waals surface area contributed by atoms with Gasteiger partial charge >= 0.3 is 6.03 Å². The Balaban J connectivity index is 2.28. The molecule has 6 nitrogen and oxygen atoms in total. The number of hydrogen-bond acceptors (Lipinski definition) is 3. The molecule has 0 radical (unpaired) electrons. The van der Waals surface area contributed by atoms with E-state index in [0.29, 0.717) is 18.1 Å². The van der Waals surface area contributed by atoms with Crippen molar-refractivity contribution in [3.63, 3.8) is 0 Å². The predicted octanol–water partition coefficient (Wildman–Crippen LogP) is 0.993. The van der Waals surface area contributed by atoms with Crippen molar-refractivity contribution in [3.05, 3.63) is 34.9 Å². The molecule has 0 saturated heterocycles. The smallest absolute Gasteiger partial charge is 0.315 e. The number of halogens is 1. The first-order valence-corrected chi connectivity index (χ1v) is 6.97. The maximum absolute atomic E-state index is 11.6. The highest BCUT2D eigenvalue weighted by molar-refractivity contribution is 6.30. The zero-order valence-electron chi connectivity index (χ0n) is 12.2. The van der Waals surface area contributed by atoms with Crippen molar-refractivity contribution >= 4 is 23.5 Å². The van der Waals surface area contributed by atoms with Crippen LogP contribution in [0.25, 0.3) is 0 Å². The fraction of sp³-hybridized carbons (Fsp3) is 0.429. The van der Waals surface area contributed by atoms with Crippen molar-refractivity contribution in [2.45, 2.75) is 25.9 Å². The monoisotopic (exact) mass is 312 g/mol. The fourth-order valence-corrected chi connectivity index (χ4v) is 1.61. The number of rotatable bonds is 6. The van der Waals surface area contributed by atoms with Crippen molar-refractivity contribution in [2.24, 2.45) is 5.73 Å². The number of nitrogens with one attached hydrogen (secondary N) is 3. The number of urea groups is 1. The van der Waals surface area contributed by atoms with E-state index in [4.69, 9.17) is 17.3 Å². The van der Waals surface area contributed by atoms with Gasteiger partial charge in [0.25, 0.3) is 0 Å². The van der Waals surface area contributed by atoms with Crippen LogP contribution in [0.4, 0.5) is 4.79 Å². The minimum Gasteiger partial charge on any atom is -0.348 e. The lowest BCUT2D eigenvalue weighted by atomic mass is 10.1. The van der Waals surface area contributed by atoms with E-state index in [1.165, 1.54) is 0 Å². The van der Waals surface area contributed by atoms with Crippen LogP contribution in [0, 0.1) is 0 Å². The fourth-order valence-electron chi connectivity index (χ4n) is 1.48. The molecule has 1 rings (SSSR count). The van der Waals surface area contributed by atoms with Crippen LogP contribution in [0.1, 0.15) is 19.4 Å². The van der Waals surface area contributed by atoms with Gasteiger partial charge in [0.05, 0.1) is 6.54 Å². The average molecular weight is 313 g/mol. The first kappa shape index (κ1) is 17.3. The quantitative estimate of drug-likeness (QED) is 0.631. The molecular formula is C14H21ClN4O2. The van der Waals surface area contributed by atoms with Gasteiger partial charge in [-0.3, -0.25) is 4.79 Å². The summed E-state index contributed by atoms with van der Waals surface area (Å²) < 4.78 is 0. The van der Waals surface area contributed by atoms with Crippen LogP contribution >= 0.6 is 11.6 Å². The molecule has 3 amide bonds. The summed E-state index contributed by atoms with van der Waals surface area (Å²) in [6.07, 6.45) is 0. The van der Waals surface area contributed by atoms with Gasteiger partial charge in [-0.1, -0.05) is 23.7 Å². The molecule has 5 N–H and O–H groups in total. The second-order valence-corrected chi connectivity index (χ2v) is 5.74. The molecule has 0 saturated carbocycles. The van der Waals surface area contributed by atoms with E-state index in [1.54, 1.807) is 12.1 Å². The topological polar surface area (TPSA) is 96.2 Å². The van der Waals surface area contributed by atoms with E-state index in [1.807, 2.05) is 26.0 Å². The first-order valence-electron chi connectivity index (χ1n) is 6.59. The molecule has 0 aliphatic carbocycles. The number of amides is 3. The lowest BCUT2D eigenvalue weighted by molar-refractivity contribution is -0.121. The Labute approximate surface area is 129 Å². The lowest BCUT2D eigenvalue weighted by Crippen LogP contribution is -2.52. The van der Waals surface area contributed by atoms with Gasteiger partial charge in [0.1, 0.15) is 0 Å². The van der Waals surface area contributed by atoms with Crippen LogP contribution in [0.15, 0.2) is 24.3 Å². The summed E-state index contributed by atoms with van der Waals surface area (Å²) in [7, 11) is 0. The summed E-state index contributed by atoms with van der Waals surface area (Å²) in [5.41, 5.74) is 5.94. The van der Waals surface area contributed by atoms with Crippen LogP contribution in [-0.2, 0) is 11.3 Å². The normalized spacial score (nSPS) is 10.9. The molecule has 0 bridgehead atoms. The highest BCUT2D eigenvalue weighted by atomic mass is 35.5. The van der Waals surface area contributed by atoms with E-state index in [9.17, 15) is 9.59 Å². The highest BCUT2D eigenvalue weighted by Crippen LogP contribution is 2.08. The molecule has 0 aliphatic heterocycles. The van der Waals surface area contributed by atoms with Crippen molar-refractivity contribution in [3.8, 4) is 0 Å². The summed E-state index contributed by atoms with van der Waals surface area (Å²) in [5.74, 6) is -0.285. The summed E-state index contributed by atoms with van der Waals surface area (Å²) >= 11 is 5.77. The highest BCUT2D eigenvalue weighted by Gasteiger charge is 2.18. The Kier molecular flexibility index (Phi) is 6.45. The molecule has 0 unspecified atom stereocenters. The van der Waals surface area contributed by atoms with Crippen LogP contribution in [0.3, 0.4) is 0 Å². The van der Waals surface area contributed by atoms with Gasteiger partial charge < -0.3 is 21.7 Å². The van der Waals surface area contributed by atoms with Gasteiger partial charge in [0.2, 0.25) is 5.91 Å². The Bertz CT molecular complexity index is 488. The maximum Gasteiger partial charge on any atom is 0.315 e. The number of nitrogens with two attached hydrogens (primary N) is 1. The first-order chi connectivity index (χ1) is 9.82. The number of carbonyl (C=O) groups excluding carboxylic acids is 2. The van der Waals surface area contributed by atoms with Crippen molar-refractivity contribution < 1.29 is 9.59 Å². The van der Waals surface area contributed by atoms with E-state index in [0.717, 1.165) is 5.56 Å². The third-order valence-corrected chi connectivity index (χ3v) is 3.02. The summed E-state index contributed by atoms with van der Waals surface area (Å²) in [6.45, 7) is 4.20. The molecule has 0 atom stereocenters. The Hall–Kier alpha value is -1.79. The second kappa shape index (κ2) is 7.85. The van der Waals surface area contributed by atoms with Gasteiger partial charge in [0.15, 0.2) is 0 Å². The third kappa shape index (κ3) is 6.97. The summed E-state index contributed by atoms with van der Waals surface area (Å²) in [4.78, 5) is 23.2. The lowest BCUT2D eigenvalue weighted by Gasteiger charge is -2.24. The standard InChI is InChI=1S/C14H21ClN4O2/c1-14(2,9-16)19-12(20)8-18-13(21)17-7-10-3-5-11(15)6-4-10/h3-6H,7-9,16H2,1-2H3,(H,19,20)(H2,17,18,21). The van der Waals surface area contributed by atoms with Gasteiger partial charge in [-0.05, 0) is 31.5 Å². The van der Waals surface area contributed by atoms with Crippen LogP contribution in [0.5, 0.6) is 0 Å². The molecule has 0 fully saturated rings. The largest absolute Gasteiger partial charge is 0.348 e. The van der Waals surface area contributed by atoms with E-state index in [2.05, 4.69) is 16.0 Å². The van der Waals surface area contributed by atoms with Crippen molar-refractivity contribution in [1.29, 1.82) is 0 Å². The Morgan fingerprint density at radius 2 is 1.81 bits per heavy atom. The second-order valence-electron chi connectivity index (χ2n) is 5.30. The zero-order chi connectivity index (χ0) is 15.9. The van der Waals surface area contributed by atoms with Crippen molar-refractivity contribution in [2.75, 3.05) is 13.1 Å². The zero-order valence-corrected chi connectivity index (χ0v) is 13.0. The van der Waals surface area contributed by atoms with Crippen LogP contribution in [0.2, 0.25) is 5.02 Å². The molecular weight excluding hydrogens is 292 g/mol. The molecule has 1 aromatic carbocycles. The van der Waals surface area contributed by atoms with E-state index < -0.39 is 11.6 Å². The Morgan fingerprint density at radius 3 is 2.38 bits per heavy atom. The van der Waals surface area contributed by atoms with Gasteiger partial charge in [0, 0.05) is 23.7 Å². The van der Waals surface area contributed by atoms with Gasteiger partial charge in [-0.2, -0.15) is 0 Å². The summed E-state index contributed by atoms with van der Waals surface area (Å²) in [6, 6.07) is 6.72. The molecule has 0 aliphatic rings. The Morgan fingerprint density at radius 1 is 1.19 bits per heavy atom. The number of carbonyl (C=O) groups is 2. The average Bonchev–Trinajstić information content (AvgIpc) is 2.44. The van der Waals surface area contributed by atoms with E-state index in [-0.39, 0.29) is 12.5 Å². The molecule has 1 aromatic rings. The SMILES string of the molecule is CC(C)(CN)NC(=O)CNC(=O)NCc1ccc(Cl)cc1. The van der Waals surface area contributed by atoms with Crippen LogP contribution in [-0.4, -0.2) is 30.6 Å². The molecule has 0 aromatic heterocycles. The molecule has 21 heavy (non-hydrogen) atoms. The minimum absolute atomic E-state index is 0.101. The van der Waals surface area contributed by atoms with Gasteiger partial charge in [-0.15, -0.1) is 0 Å². The maximum atomic E-state index is 11.6. The number of benzene rings is 1. The molecule has 0 spiro atoms. The molecule has 7 heteroatoms. The van der Waals surface area contributed by atoms with Crippen LogP contribution < -0.4 is 21.7 Å². The third-order valence-electron chi connectivity index (χ3n) is 2.76. The van der Waals surface area contributed by atoms with Crippen molar-refractivity contribution in [1.82, 2.24) is 16.0 Å². The minimum atomic E-state index is -0.488. The molecule has 0 heterocycles. The van der Waals surface area contributed by atoms with Gasteiger partial charge in [-0.25, -0.2) is 4.79 Å². The number of hydrogen-bond donors (Lipinski definition) is 4. The summed E-state index contributed by atoms with van der Waals surface area (Å²) in [5, 5.41) is 8.50. The van der Waals surface area contributed by atoms with E-state index >= 15 is 0 Å². The molecule has 116 valence electrons. The predicted molar refractivity (Wildman–Crippen MR) is 83.0 cm³/mol.